The lowest BCUT2D eigenvalue weighted by Crippen LogP contribution is -2.25. The van der Waals surface area contributed by atoms with Gasteiger partial charge in [-0.1, -0.05) is 0 Å². The summed E-state index contributed by atoms with van der Waals surface area (Å²) < 4.78 is 27.7. The van der Waals surface area contributed by atoms with Crippen LogP contribution < -0.4 is 0 Å². The minimum absolute atomic E-state index is 0.0313. The molecule has 2 aromatic rings. The van der Waals surface area contributed by atoms with Crippen molar-refractivity contribution in [3.63, 3.8) is 0 Å². The van der Waals surface area contributed by atoms with Crippen LogP contribution >= 0.6 is 11.3 Å². The third-order valence-electron chi connectivity index (χ3n) is 2.92. The van der Waals surface area contributed by atoms with Crippen molar-refractivity contribution in [2.24, 2.45) is 7.05 Å². The Morgan fingerprint density at radius 2 is 2.19 bits per heavy atom. The molecule has 2 rings (SSSR count). The van der Waals surface area contributed by atoms with Crippen molar-refractivity contribution in [1.82, 2.24) is 14.1 Å². The van der Waals surface area contributed by atoms with Crippen molar-refractivity contribution in [2.75, 3.05) is 7.05 Å². The van der Waals surface area contributed by atoms with Gasteiger partial charge in [0.05, 0.1) is 6.20 Å². The van der Waals surface area contributed by atoms with Crippen LogP contribution in [0.1, 0.15) is 20.8 Å². The van der Waals surface area contributed by atoms with Gasteiger partial charge in [0.1, 0.15) is 9.09 Å². The largest absolute Gasteiger partial charge is 0.477 e. The van der Waals surface area contributed by atoms with E-state index in [-0.39, 0.29) is 15.6 Å². The number of aryl methyl sites for hydroxylation is 2. The van der Waals surface area contributed by atoms with Gasteiger partial charge in [0.25, 0.3) is 10.0 Å². The molecule has 2 heterocycles. The number of sulfonamides is 1. The number of rotatable bonds is 5. The van der Waals surface area contributed by atoms with E-state index in [1.54, 1.807) is 31.0 Å². The number of hydrogen-bond acceptors (Lipinski definition) is 5. The van der Waals surface area contributed by atoms with Gasteiger partial charge in [-0.15, -0.1) is 11.3 Å². The van der Waals surface area contributed by atoms with Crippen LogP contribution in [0.2, 0.25) is 0 Å². The Kier molecular flexibility index (Phi) is 4.17. The molecule has 1 N–H and O–H groups in total. The molecule has 9 heteroatoms. The van der Waals surface area contributed by atoms with Crippen LogP contribution in [0.25, 0.3) is 0 Å². The van der Waals surface area contributed by atoms with Gasteiger partial charge < -0.3 is 5.11 Å². The van der Waals surface area contributed by atoms with Gasteiger partial charge in [-0.25, -0.2) is 13.2 Å². The van der Waals surface area contributed by atoms with E-state index >= 15 is 0 Å². The number of thiophene rings is 1. The number of carboxylic acid groups (broad SMARTS) is 1. The molecule has 0 bridgehead atoms. The van der Waals surface area contributed by atoms with Crippen LogP contribution in [0.4, 0.5) is 0 Å². The first-order chi connectivity index (χ1) is 9.71. The summed E-state index contributed by atoms with van der Waals surface area (Å²) in [5, 5.41) is 13.0. The second-order valence-electron chi connectivity index (χ2n) is 4.67. The van der Waals surface area contributed by atoms with E-state index in [2.05, 4.69) is 5.10 Å². The molecular formula is C12H15N3O4S2. The summed E-state index contributed by atoms with van der Waals surface area (Å²) in [5.41, 5.74) is 1.20. The molecule has 0 aromatic carbocycles. The highest BCUT2D eigenvalue weighted by atomic mass is 32.2. The van der Waals surface area contributed by atoms with Crippen LogP contribution in [-0.4, -0.2) is 40.6 Å². The van der Waals surface area contributed by atoms with Gasteiger partial charge in [0.15, 0.2) is 0 Å². The molecule has 0 aliphatic heterocycles. The predicted molar refractivity (Wildman–Crippen MR) is 77.9 cm³/mol. The van der Waals surface area contributed by atoms with Crippen molar-refractivity contribution in [3.05, 3.63) is 34.5 Å². The van der Waals surface area contributed by atoms with Gasteiger partial charge in [0.2, 0.25) is 0 Å². The highest BCUT2D eigenvalue weighted by Gasteiger charge is 2.26. The molecule has 21 heavy (non-hydrogen) atoms. The summed E-state index contributed by atoms with van der Waals surface area (Å²) in [7, 11) is -0.506. The molecule has 0 atom stereocenters. The van der Waals surface area contributed by atoms with E-state index in [1.807, 2.05) is 0 Å². The molecule has 0 unspecified atom stereocenters. The third-order valence-corrected chi connectivity index (χ3v) is 6.40. The number of nitrogens with zero attached hydrogens (tertiary/aromatic N) is 3. The van der Waals surface area contributed by atoms with Crippen molar-refractivity contribution in [1.29, 1.82) is 0 Å². The second kappa shape index (κ2) is 5.58. The van der Waals surface area contributed by atoms with Gasteiger partial charge in [-0.3, -0.25) is 4.68 Å². The first-order valence-corrected chi connectivity index (χ1v) is 8.25. The normalized spacial score (nSPS) is 12.0. The molecule has 2 aromatic heterocycles. The SMILES string of the molecule is Cc1cc(S(=O)(=O)N(C)Cc2cnn(C)c2)sc1C(=O)O. The summed E-state index contributed by atoms with van der Waals surface area (Å²) in [6.45, 7) is 1.76. The molecule has 0 saturated carbocycles. The average Bonchev–Trinajstić information content (AvgIpc) is 2.95. The summed E-state index contributed by atoms with van der Waals surface area (Å²) in [6.07, 6.45) is 3.32. The fraction of sp³-hybridized carbons (Fsp3) is 0.333. The fourth-order valence-electron chi connectivity index (χ4n) is 1.84. The number of aromatic nitrogens is 2. The predicted octanol–water partition coefficient (Wildman–Crippen LogP) is 1.31. The maximum atomic E-state index is 12.4. The summed E-state index contributed by atoms with van der Waals surface area (Å²) in [5.74, 6) is -1.12. The minimum atomic E-state index is -3.71. The van der Waals surface area contributed by atoms with Crippen LogP contribution in [0, 0.1) is 6.92 Å². The summed E-state index contributed by atoms with van der Waals surface area (Å²) >= 11 is 0.769. The van der Waals surface area contributed by atoms with E-state index in [1.165, 1.54) is 17.4 Å². The van der Waals surface area contributed by atoms with Crippen LogP contribution in [0.15, 0.2) is 22.7 Å². The average molecular weight is 329 g/mol. The Morgan fingerprint density at radius 1 is 1.52 bits per heavy atom. The highest BCUT2D eigenvalue weighted by Crippen LogP contribution is 2.28. The van der Waals surface area contributed by atoms with Crippen LogP contribution in [0.3, 0.4) is 0 Å². The Bertz CT molecular complexity index is 776. The number of carboxylic acids is 1. The topological polar surface area (TPSA) is 92.5 Å². The zero-order valence-corrected chi connectivity index (χ0v) is 13.4. The Hall–Kier alpha value is -1.71. The fourth-order valence-corrected chi connectivity index (χ4v) is 4.59. The quantitative estimate of drug-likeness (QED) is 0.893. The molecular weight excluding hydrogens is 314 g/mol. The Balaban J connectivity index is 2.28. The van der Waals surface area contributed by atoms with E-state index in [9.17, 15) is 13.2 Å². The monoisotopic (exact) mass is 329 g/mol. The van der Waals surface area contributed by atoms with Gasteiger partial charge in [-0.2, -0.15) is 9.40 Å². The van der Waals surface area contributed by atoms with Gasteiger partial charge in [-0.05, 0) is 18.6 Å². The molecule has 0 fully saturated rings. The minimum Gasteiger partial charge on any atom is -0.477 e. The number of hydrogen-bond donors (Lipinski definition) is 1. The van der Waals surface area contributed by atoms with E-state index in [0.29, 0.717) is 5.56 Å². The lowest BCUT2D eigenvalue weighted by Gasteiger charge is -2.14. The molecule has 0 radical (unpaired) electrons. The smallest absolute Gasteiger partial charge is 0.346 e. The van der Waals surface area contributed by atoms with Gasteiger partial charge >= 0.3 is 5.97 Å². The van der Waals surface area contributed by atoms with Crippen molar-refractivity contribution < 1.29 is 18.3 Å². The second-order valence-corrected chi connectivity index (χ2v) is 7.99. The Morgan fingerprint density at radius 3 is 2.67 bits per heavy atom. The van der Waals surface area contributed by atoms with E-state index < -0.39 is 16.0 Å². The molecule has 7 nitrogen and oxygen atoms in total. The highest BCUT2D eigenvalue weighted by molar-refractivity contribution is 7.91. The molecule has 0 saturated heterocycles. The molecule has 0 aliphatic carbocycles. The zero-order valence-electron chi connectivity index (χ0n) is 11.8. The lowest BCUT2D eigenvalue weighted by molar-refractivity contribution is 0.0701. The summed E-state index contributed by atoms with van der Waals surface area (Å²) in [6, 6.07) is 1.39. The van der Waals surface area contributed by atoms with Crippen molar-refractivity contribution in [3.8, 4) is 0 Å². The third kappa shape index (κ3) is 3.14. The van der Waals surface area contributed by atoms with Crippen LogP contribution in [-0.2, 0) is 23.6 Å². The van der Waals surface area contributed by atoms with Crippen molar-refractivity contribution >= 4 is 27.3 Å². The van der Waals surface area contributed by atoms with Crippen molar-refractivity contribution in [2.45, 2.75) is 17.7 Å². The van der Waals surface area contributed by atoms with Crippen LogP contribution in [0.5, 0.6) is 0 Å². The lowest BCUT2D eigenvalue weighted by atomic mass is 10.3. The molecule has 114 valence electrons. The van der Waals surface area contributed by atoms with E-state index in [0.717, 1.165) is 16.9 Å². The first kappa shape index (κ1) is 15.7. The molecule has 0 amide bonds. The molecule has 0 spiro atoms. The maximum Gasteiger partial charge on any atom is 0.346 e. The number of carbonyl (C=O) groups is 1. The standard InChI is InChI=1S/C12H15N3O4S2/c1-8-4-10(20-11(8)12(16)17)21(18,19)15(3)7-9-5-13-14(2)6-9/h4-6H,7H2,1-3H3,(H,16,17). The van der Waals surface area contributed by atoms with E-state index in [4.69, 9.17) is 5.11 Å². The maximum absolute atomic E-state index is 12.4. The number of aromatic carboxylic acids is 1. The summed E-state index contributed by atoms with van der Waals surface area (Å²) in [4.78, 5) is 11.1. The first-order valence-electron chi connectivity index (χ1n) is 5.99. The zero-order chi connectivity index (χ0) is 15.8. The Labute approximate surface area is 126 Å². The molecule has 0 aliphatic rings. The van der Waals surface area contributed by atoms with Gasteiger partial charge in [0, 0.05) is 32.4 Å².